The normalized spacial score (nSPS) is 15.2. The topological polar surface area (TPSA) is 91.7 Å². The van der Waals surface area contributed by atoms with Gasteiger partial charge in [-0.05, 0) is 6.07 Å². The summed E-state index contributed by atoms with van der Waals surface area (Å²) in [6, 6.07) is 2.00. The van der Waals surface area contributed by atoms with E-state index in [2.05, 4.69) is 15.0 Å². The van der Waals surface area contributed by atoms with Gasteiger partial charge in [0.2, 0.25) is 0 Å². The number of nitrogens with zero attached hydrogens (tertiary/aromatic N) is 5. The molecule has 2 aromatic rings. The van der Waals surface area contributed by atoms with Crippen molar-refractivity contribution in [1.82, 2.24) is 19.9 Å². The number of aromatic nitrogens is 3. The quantitative estimate of drug-likeness (QED) is 0.837. The molecule has 0 bridgehead atoms. The molecule has 1 fully saturated rings. The third-order valence-electron chi connectivity index (χ3n) is 3.56. The zero-order chi connectivity index (χ0) is 15.7. The maximum Gasteiger partial charge on any atom is 0.407 e. The van der Waals surface area contributed by atoms with Crippen LogP contribution in [0.2, 0.25) is 5.15 Å². The third kappa shape index (κ3) is 2.57. The van der Waals surface area contributed by atoms with Crippen molar-refractivity contribution in [2.24, 2.45) is 0 Å². The second kappa shape index (κ2) is 5.80. The fraction of sp³-hybridized carbons (Fsp3) is 0.385. The number of ether oxygens (including phenoxy) is 1. The number of anilines is 1. The fourth-order valence-corrected chi connectivity index (χ4v) is 2.63. The lowest BCUT2D eigenvalue weighted by Crippen LogP contribution is -2.48. The molecule has 1 N–H and O–H groups in total. The Hall–Kier alpha value is -2.35. The molecular formula is C13H14ClN5O3. The van der Waals surface area contributed by atoms with Crippen LogP contribution in [0.3, 0.4) is 0 Å². The van der Waals surface area contributed by atoms with E-state index >= 15 is 0 Å². The number of hydrogen-bond acceptors (Lipinski definition) is 6. The van der Waals surface area contributed by atoms with Gasteiger partial charge in [0.25, 0.3) is 0 Å². The van der Waals surface area contributed by atoms with Gasteiger partial charge in [-0.3, -0.25) is 0 Å². The van der Waals surface area contributed by atoms with Gasteiger partial charge in [-0.25, -0.2) is 9.78 Å². The van der Waals surface area contributed by atoms with Gasteiger partial charge in [0.05, 0.1) is 7.11 Å². The Morgan fingerprint density at radius 2 is 2.05 bits per heavy atom. The maximum absolute atomic E-state index is 11.0. The summed E-state index contributed by atoms with van der Waals surface area (Å²) < 4.78 is 5.13. The van der Waals surface area contributed by atoms with Gasteiger partial charge in [0, 0.05) is 37.8 Å². The van der Waals surface area contributed by atoms with E-state index in [0.29, 0.717) is 37.5 Å². The summed E-state index contributed by atoms with van der Waals surface area (Å²) in [7, 11) is 1.48. The van der Waals surface area contributed by atoms with E-state index in [9.17, 15) is 4.79 Å². The minimum atomic E-state index is -0.906. The molecule has 0 radical (unpaired) electrons. The number of pyridine rings is 1. The van der Waals surface area contributed by atoms with Gasteiger partial charge in [0.15, 0.2) is 5.15 Å². The second-order valence-corrected chi connectivity index (χ2v) is 5.15. The van der Waals surface area contributed by atoms with Crippen molar-refractivity contribution in [3.05, 3.63) is 17.4 Å². The molecule has 0 spiro atoms. The van der Waals surface area contributed by atoms with E-state index in [0.717, 1.165) is 5.39 Å². The molecule has 0 saturated carbocycles. The van der Waals surface area contributed by atoms with E-state index in [1.165, 1.54) is 12.0 Å². The van der Waals surface area contributed by atoms with E-state index < -0.39 is 6.09 Å². The molecule has 2 aromatic heterocycles. The summed E-state index contributed by atoms with van der Waals surface area (Å²) in [5.74, 6) is 0.677. The molecule has 3 rings (SSSR count). The van der Waals surface area contributed by atoms with Crippen molar-refractivity contribution < 1.29 is 14.6 Å². The highest BCUT2D eigenvalue weighted by atomic mass is 35.5. The Kier molecular flexibility index (Phi) is 3.84. The Bertz CT molecular complexity index is 718. The highest BCUT2D eigenvalue weighted by Crippen LogP contribution is 2.29. The minimum absolute atomic E-state index is 0.207. The summed E-state index contributed by atoms with van der Waals surface area (Å²) in [5.41, 5.74) is 0.520. The molecule has 0 aromatic carbocycles. The number of rotatable bonds is 2. The highest BCUT2D eigenvalue weighted by molar-refractivity contribution is 6.34. The van der Waals surface area contributed by atoms with Crippen molar-refractivity contribution in [2.75, 3.05) is 38.2 Å². The zero-order valence-electron chi connectivity index (χ0n) is 11.9. The Morgan fingerprint density at radius 3 is 2.68 bits per heavy atom. The molecule has 0 atom stereocenters. The molecular weight excluding hydrogens is 310 g/mol. The Labute approximate surface area is 131 Å². The molecule has 3 heterocycles. The number of carbonyl (C=O) groups is 1. The van der Waals surface area contributed by atoms with Gasteiger partial charge in [-0.15, -0.1) is 0 Å². The molecule has 116 valence electrons. The van der Waals surface area contributed by atoms with Crippen LogP contribution < -0.4 is 9.64 Å². The molecule has 8 nitrogen and oxygen atoms in total. The smallest absolute Gasteiger partial charge is 0.407 e. The lowest BCUT2D eigenvalue weighted by molar-refractivity contribution is 0.142. The van der Waals surface area contributed by atoms with E-state index in [1.54, 1.807) is 12.3 Å². The summed E-state index contributed by atoms with van der Waals surface area (Å²) in [6.07, 6.45) is 0.689. The standard InChI is InChI=1S/C13H14ClN5O3/c1-22-12-16-9-8(2-3-15-10(9)14)11(17-12)18-4-6-19(7-5-18)13(20)21/h2-3H,4-7H2,1H3,(H,20,21). The number of methoxy groups -OCH3 is 1. The van der Waals surface area contributed by atoms with Crippen LogP contribution in [0.25, 0.3) is 10.9 Å². The van der Waals surface area contributed by atoms with Crippen LogP contribution in [0.1, 0.15) is 0 Å². The van der Waals surface area contributed by atoms with Crippen LogP contribution >= 0.6 is 11.6 Å². The first kappa shape index (κ1) is 14.6. The molecule has 1 saturated heterocycles. The largest absolute Gasteiger partial charge is 0.467 e. The van der Waals surface area contributed by atoms with Gasteiger partial charge in [-0.1, -0.05) is 11.6 Å². The SMILES string of the molecule is COc1nc(N2CCN(C(=O)O)CC2)c2ccnc(Cl)c2n1. The third-order valence-corrected chi connectivity index (χ3v) is 3.84. The summed E-state index contributed by atoms with van der Waals surface area (Å²) in [4.78, 5) is 27.0. The highest BCUT2D eigenvalue weighted by Gasteiger charge is 2.24. The van der Waals surface area contributed by atoms with Crippen molar-refractivity contribution >= 4 is 34.4 Å². The summed E-state index contributed by atoms with van der Waals surface area (Å²) in [6.45, 7) is 1.92. The van der Waals surface area contributed by atoms with Gasteiger partial charge in [-0.2, -0.15) is 9.97 Å². The molecule has 22 heavy (non-hydrogen) atoms. The first-order chi connectivity index (χ1) is 10.6. The summed E-state index contributed by atoms with van der Waals surface area (Å²) in [5, 5.41) is 10.1. The number of carboxylic acid groups (broad SMARTS) is 1. The van der Waals surface area contributed by atoms with E-state index in [1.807, 2.05) is 4.90 Å². The van der Waals surface area contributed by atoms with Crippen molar-refractivity contribution in [3.63, 3.8) is 0 Å². The van der Waals surface area contributed by atoms with Crippen molar-refractivity contribution in [2.45, 2.75) is 0 Å². The zero-order valence-corrected chi connectivity index (χ0v) is 12.6. The Morgan fingerprint density at radius 1 is 1.32 bits per heavy atom. The molecule has 1 aliphatic rings. The number of piperazine rings is 1. The molecule has 1 amide bonds. The first-order valence-electron chi connectivity index (χ1n) is 6.69. The number of hydrogen-bond donors (Lipinski definition) is 1. The lowest BCUT2D eigenvalue weighted by atomic mass is 10.2. The predicted molar refractivity (Wildman–Crippen MR) is 80.7 cm³/mol. The number of fused-ring (bicyclic) bond motifs is 1. The molecule has 9 heteroatoms. The van der Waals surface area contributed by atoms with Crippen molar-refractivity contribution in [3.8, 4) is 6.01 Å². The fourth-order valence-electron chi connectivity index (χ4n) is 2.43. The van der Waals surface area contributed by atoms with Gasteiger partial charge >= 0.3 is 12.1 Å². The summed E-state index contributed by atoms with van der Waals surface area (Å²) >= 11 is 6.10. The van der Waals surface area contributed by atoms with Crippen LogP contribution in [0.4, 0.5) is 10.6 Å². The number of halogens is 1. The van der Waals surface area contributed by atoms with Crippen LogP contribution in [0.15, 0.2) is 12.3 Å². The molecule has 0 unspecified atom stereocenters. The lowest BCUT2D eigenvalue weighted by Gasteiger charge is -2.34. The van der Waals surface area contributed by atoms with E-state index in [-0.39, 0.29) is 11.2 Å². The second-order valence-electron chi connectivity index (χ2n) is 4.79. The minimum Gasteiger partial charge on any atom is -0.467 e. The number of amides is 1. The Balaban J connectivity index is 2.00. The molecule has 0 aliphatic carbocycles. The first-order valence-corrected chi connectivity index (χ1v) is 7.07. The van der Waals surface area contributed by atoms with Gasteiger partial charge in [0.1, 0.15) is 11.3 Å². The monoisotopic (exact) mass is 323 g/mol. The van der Waals surface area contributed by atoms with E-state index in [4.69, 9.17) is 21.4 Å². The van der Waals surface area contributed by atoms with Crippen LogP contribution in [0, 0.1) is 0 Å². The average Bonchev–Trinajstić information content (AvgIpc) is 2.54. The van der Waals surface area contributed by atoms with Gasteiger partial charge < -0.3 is 19.6 Å². The van der Waals surface area contributed by atoms with Crippen LogP contribution in [0.5, 0.6) is 6.01 Å². The van der Waals surface area contributed by atoms with Crippen LogP contribution in [-0.2, 0) is 0 Å². The predicted octanol–water partition coefficient (Wildman–Crippen LogP) is 1.49. The van der Waals surface area contributed by atoms with Crippen molar-refractivity contribution in [1.29, 1.82) is 0 Å². The molecule has 1 aliphatic heterocycles. The van der Waals surface area contributed by atoms with Crippen LogP contribution in [-0.4, -0.2) is 64.3 Å². The average molecular weight is 324 g/mol. The maximum atomic E-state index is 11.0.